The van der Waals surface area contributed by atoms with Crippen LogP contribution in [0.25, 0.3) is 0 Å². The monoisotopic (exact) mass is 424 g/mol. The lowest BCUT2D eigenvalue weighted by Gasteiger charge is -2.24. The lowest BCUT2D eigenvalue weighted by atomic mass is 10.1. The van der Waals surface area contributed by atoms with E-state index in [1.165, 1.54) is 0 Å². The summed E-state index contributed by atoms with van der Waals surface area (Å²) in [6.07, 6.45) is 18.7. The highest BCUT2D eigenvalue weighted by atomic mass is 16.6. The van der Waals surface area contributed by atoms with Crippen molar-refractivity contribution < 1.29 is 29.6 Å². The van der Waals surface area contributed by atoms with Crippen molar-refractivity contribution in [1.29, 1.82) is 0 Å². The molecule has 1 aliphatic heterocycles. The molecule has 0 spiro atoms. The van der Waals surface area contributed by atoms with Crippen LogP contribution in [0.15, 0.2) is 36.5 Å². The smallest absolute Gasteiger partial charge is 0.306 e. The van der Waals surface area contributed by atoms with Gasteiger partial charge in [0.1, 0.15) is 18.3 Å². The number of aliphatic hydroxyl groups is 3. The molecule has 1 heterocycles. The van der Waals surface area contributed by atoms with Gasteiger partial charge in [-0.15, -0.1) is 0 Å². The minimum atomic E-state index is -1.15. The number of unbranched alkanes of at least 4 members (excludes halogenated alkanes) is 5. The molecule has 30 heavy (non-hydrogen) atoms. The highest BCUT2D eigenvalue weighted by molar-refractivity contribution is 5.69. The van der Waals surface area contributed by atoms with E-state index < -0.39 is 37.0 Å². The number of allylic oxidation sites excluding steroid dienone is 6. The second kappa shape index (κ2) is 17.2. The minimum absolute atomic E-state index is 0.0254. The fourth-order valence-electron chi connectivity index (χ4n) is 3.28. The Morgan fingerprint density at radius 3 is 2.27 bits per heavy atom. The molecule has 3 N–H and O–H groups in total. The largest absolute Gasteiger partial charge is 0.457 e. The normalized spacial score (nSPS) is 23.1. The van der Waals surface area contributed by atoms with Gasteiger partial charge in [0.05, 0.1) is 13.2 Å². The molecule has 0 aromatic heterocycles. The van der Waals surface area contributed by atoms with Gasteiger partial charge in [-0.1, -0.05) is 62.6 Å². The molecular weight excluding hydrogens is 384 g/mol. The maximum atomic E-state index is 11.9. The lowest BCUT2D eigenvalue weighted by molar-refractivity contribution is -0.162. The number of esters is 1. The first-order chi connectivity index (χ1) is 14.6. The average Bonchev–Trinajstić information content (AvgIpc) is 3.07. The molecule has 0 bridgehead atoms. The molecule has 0 aliphatic carbocycles. The van der Waals surface area contributed by atoms with Crippen LogP contribution in [0.4, 0.5) is 0 Å². The van der Waals surface area contributed by atoms with Gasteiger partial charge >= 0.3 is 5.97 Å². The molecule has 0 aromatic rings. The SMILES string of the molecule is CC/C=C\C/C=C\C/C=C\CCCCCCCC(=O)O[C@H](CO)[C@H]1OC[C@H](O)[C@H]1O. The van der Waals surface area contributed by atoms with Crippen molar-refractivity contribution in [2.75, 3.05) is 13.2 Å². The number of ether oxygens (including phenoxy) is 2. The van der Waals surface area contributed by atoms with Gasteiger partial charge in [0, 0.05) is 6.42 Å². The zero-order chi connectivity index (χ0) is 22.0. The molecule has 1 rings (SSSR count). The quantitative estimate of drug-likeness (QED) is 0.199. The van der Waals surface area contributed by atoms with Gasteiger partial charge in [0.2, 0.25) is 0 Å². The zero-order valence-electron chi connectivity index (χ0n) is 18.3. The average molecular weight is 425 g/mol. The van der Waals surface area contributed by atoms with Crippen LogP contribution in [0.2, 0.25) is 0 Å². The van der Waals surface area contributed by atoms with Crippen LogP contribution in [-0.2, 0) is 14.3 Å². The second-order valence-electron chi connectivity index (χ2n) is 7.67. The van der Waals surface area contributed by atoms with Gasteiger partial charge in [-0.05, 0) is 38.5 Å². The van der Waals surface area contributed by atoms with Crippen molar-refractivity contribution in [3.63, 3.8) is 0 Å². The van der Waals surface area contributed by atoms with Crippen molar-refractivity contribution in [2.24, 2.45) is 0 Å². The zero-order valence-corrected chi connectivity index (χ0v) is 18.3. The molecule has 1 saturated heterocycles. The van der Waals surface area contributed by atoms with Crippen molar-refractivity contribution in [1.82, 2.24) is 0 Å². The summed E-state index contributed by atoms with van der Waals surface area (Å²) in [6, 6.07) is 0. The van der Waals surface area contributed by atoms with E-state index in [2.05, 4.69) is 43.4 Å². The van der Waals surface area contributed by atoms with Gasteiger partial charge < -0.3 is 24.8 Å². The summed E-state index contributed by atoms with van der Waals surface area (Å²) in [4.78, 5) is 11.9. The molecule has 172 valence electrons. The van der Waals surface area contributed by atoms with Gasteiger partial charge in [-0.3, -0.25) is 4.79 Å². The Morgan fingerprint density at radius 1 is 1.00 bits per heavy atom. The number of aliphatic hydroxyl groups excluding tert-OH is 3. The van der Waals surface area contributed by atoms with Crippen molar-refractivity contribution in [3.05, 3.63) is 36.5 Å². The van der Waals surface area contributed by atoms with Gasteiger partial charge in [-0.25, -0.2) is 0 Å². The van der Waals surface area contributed by atoms with E-state index in [-0.39, 0.29) is 13.0 Å². The summed E-state index contributed by atoms with van der Waals surface area (Å²) in [7, 11) is 0. The molecule has 6 heteroatoms. The lowest BCUT2D eigenvalue weighted by Crippen LogP contribution is -2.43. The van der Waals surface area contributed by atoms with Crippen LogP contribution in [0, 0.1) is 0 Å². The summed E-state index contributed by atoms with van der Waals surface area (Å²) in [5, 5.41) is 28.7. The Hall–Kier alpha value is -1.47. The van der Waals surface area contributed by atoms with Crippen LogP contribution in [0.5, 0.6) is 0 Å². The molecule has 0 amide bonds. The second-order valence-corrected chi connectivity index (χ2v) is 7.67. The maximum Gasteiger partial charge on any atom is 0.306 e. The fourth-order valence-corrected chi connectivity index (χ4v) is 3.28. The predicted molar refractivity (Wildman–Crippen MR) is 118 cm³/mol. The Labute approximate surface area is 181 Å². The number of hydrogen-bond donors (Lipinski definition) is 3. The van der Waals surface area contributed by atoms with E-state index in [9.17, 15) is 20.1 Å². The van der Waals surface area contributed by atoms with Crippen LogP contribution in [0.1, 0.15) is 71.1 Å². The summed E-state index contributed by atoms with van der Waals surface area (Å²) in [5.41, 5.74) is 0. The molecule has 1 fully saturated rings. The Morgan fingerprint density at radius 2 is 1.63 bits per heavy atom. The van der Waals surface area contributed by atoms with E-state index >= 15 is 0 Å². The Kier molecular flexibility index (Phi) is 15.3. The van der Waals surface area contributed by atoms with Gasteiger partial charge in [0.15, 0.2) is 6.10 Å². The molecular formula is C24H40O6. The number of carbonyl (C=O) groups is 1. The van der Waals surface area contributed by atoms with E-state index in [0.29, 0.717) is 0 Å². The summed E-state index contributed by atoms with van der Waals surface area (Å²) >= 11 is 0. The van der Waals surface area contributed by atoms with Crippen LogP contribution >= 0.6 is 0 Å². The number of hydrogen-bond acceptors (Lipinski definition) is 6. The molecule has 4 atom stereocenters. The van der Waals surface area contributed by atoms with Gasteiger partial charge in [-0.2, -0.15) is 0 Å². The van der Waals surface area contributed by atoms with Crippen LogP contribution in [-0.4, -0.2) is 58.9 Å². The first kappa shape index (κ1) is 26.6. The number of rotatable bonds is 16. The first-order valence-corrected chi connectivity index (χ1v) is 11.3. The fraction of sp³-hybridized carbons (Fsp3) is 0.708. The van der Waals surface area contributed by atoms with E-state index in [4.69, 9.17) is 9.47 Å². The third kappa shape index (κ3) is 11.6. The van der Waals surface area contributed by atoms with E-state index in [1.54, 1.807) is 0 Å². The first-order valence-electron chi connectivity index (χ1n) is 11.3. The summed E-state index contributed by atoms with van der Waals surface area (Å²) < 4.78 is 10.4. The Bertz CT molecular complexity index is 528. The maximum absolute atomic E-state index is 11.9. The third-order valence-electron chi connectivity index (χ3n) is 5.05. The Balaban J connectivity index is 2.00. The molecule has 0 radical (unpaired) electrons. The molecule has 0 saturated carbocycles. The molecule has 0 aromatic carbocycles. The third-order valence-corrected chi connectivity index (χ3v) is 5.05. The minimum Gasteiger partial charge on any atom is -0.457 e. The number of carbonyl (C=O) groups excluding carboxylic acids is 1. The topological polar surface area (TPSA) is 96.2 Å². The van der Waals surface area contributed by atoms with E-state index in [1.807, 2.05) is 0 Å². The molecule has 1 aliphatic rings. The van der Waals surface area contributed by atoms with Crippen molar-refractivity contribution >= 4 is 5.97 Å². The molecule has 6 nitrogen and oxygen atoms in total. The highest BCUT2D eigenvalue weighted by Crippen LogP contribution is 2.20. The van der Waals surface area contributed by atoms with Crippen molar-refractivity contribution in [3.8, 4) is 0 Å². The van der Waals surface area contributed by atoms with Crippen LogP contribution < -0.4 is 0 Å². The predicted octanol–water partition coefficient (Wildman–Crippen LogP) is 3.60. The van der Waals surface area contributed by atoms with Crippen LogP contribution in [0.3, 0.4) is 0 Å². The van der Waals surface area contributed by atoms with Gasteiger partial charge in [0.25, 0.3) is 0 Å². The standard InChI is InChI=1S/C24H40O6/c1-2-3-4-5-6-7-8-9-10-11-12-13-14-15-16-17-22(27)30-21(18-25)24-23(28)20(26)19-29-24/h3-4,6-7,9-10,20-21,23-26,28H,2,5,8,11-19H2,1H3/b4-3-,7-6-,10-9-/t20-,21+,23+,24+/m0/s1. The van der Waals surface area contributed by atoms with E-state index in [0.717, 1.165) is 57.8 Å². The highest BCUT2D eigenvalue weighted by Gasteiger charge is 2.41. The summed E-state index contributed by atoms with van der Waals surface area (Å²) in [5.74, 6) is -0.410. The molecule has 0 unspecified atom stereocenters. The summed E-state index contributed by atoms with van der Waals surface area (Å²) in [6.45, 7) is 1.67. The van der Waals surface area contributed by atoms with Crippen molar-refractivity contribution in [2.45, 2.75) is 95.5 Å².